The van der Waals surface area contributed by atoms with Crippen LogP contribution in [0.1, 0.15) is 31.1 Å². The van der Waals surface area contributed by atoms with E-state index in [1.54, 1.807) is 6.20 Å². The molecule has 96 valence electrons. The fraction of sp³-hybridized carbons (Fsp3) is 0.357. The Bertz CT molecular complexity index is 512. The molecule has 1 atom stereocenters. The summed E-state index contributed by atoms with van der Waals surface area (Å²) in [4.78, 5) is 0. The van der Waals surface area contributed by atoms with Crippen molar-refractivity contribution in [2.24, 2.45) is 12.8 Å². The van der Waals surface area contributed by atoms with Crippen LogP contribution < -0.4 is 5.73 Å². The number of hydrogen-bond donors (Lipinski definition) is 1. The normalized spacial score (nSPS) is 13.6. The number of aromatic nitrogens is 2. The van der Waals surface area contributed by atoms with E-state index in [-0.39, 0.29) is 11.5 Å². The minimum absolute atomic E-state index is 0.123. The van der Waals surface area contributed by atoms with Crippen LogP contribution in [0.5, 0.6) is 0 Å². The molecule has 4 heteroatoms. The maximum Gasteiger partial charge on any atom is 0.0699 e. The number of halogens is 1. The SMILES string of the molecule is Cn1ncc(Br)c1C(N)C(C)(C)c1ccccc1. The molecule has 0 amide bonds. The molecule has 0 aliphatic heterocycles. The standard InChI is InChI=1S/C14H18BrN3/c1-14(2,10-7-5-4-6-8-10)13(16)12-11(15)9-17-18(12)3/h4-9,13H,16H2,1-3H3. The first-order valence-electron chi connectivity index (χ1n) is 5.93. The number of nitrogens with two attached hydrogens (primary N) is 1. The topological polar surface area (TPSA) is 43.8 Å². The van der Waals surface area contributed by atoms with E-state index in [9.17, 15) is 0 Å². The Morgan fingerprint density at radius 3 is 2.39 bits per heavy atom. The molecule has 0 aliphatic rings. The summed E-state index contributed by atoms with van der Waals surface area (Å²) in [5.74, 6) is 0. The third-order valence-corrected chi connectivity index (χ3v) is 4.14. The Kier molecular flexibility index (Phi) is 3.59. The molecule has 0 radical (unpaired) electrons. The first-order valence-corrected chi connectivity index (χ1v) is 6.72. The van der Waals surface area contributed by atoms with Gasteiger partial charge in [0.15, 0.2) is 0 Å². The van der Waals surface area contributed by atoms with Gasteiger partial charge in [0.05, 0.1) is 22.4 Å². The second-order valence-corrected chi connectivity index (χ2v) is 5.92. The predicted octanol–water partition coefficient (Wildman–Crippen LogP) is 3.16. The van der Waals surface area contributed by atoms with E-state index in [0.717, 1.165) is 10.2 Å². The van der Waals surface area contributed by atoms with Gasteiger partial charge >= 0.3 is 0 Å². The average Bonchev–Trinajstić information content (AvgIpc) is 2.69. The molecule has 2 rings (SSSR count). The quantitative estimate of drug-likeness (QED) is 0.946. The second kappa shape index (κ2) is 4.86. The van der Waals surface area contributed by atoms with Gasteiger partial charge in [0, 0.05) is 12.5 Å². The second-order valence-electron chi connectivity index (χ2n) is 5.07. The Morgan fingerprint density at radius 1 is 1.28 bits per heavy atom. The summed E-state index contributed by atoms with van der Waals surface area (Å²) < 4.78 is 2.79. The van der Waals surface area contributed by atoms with Gasteiger partial charge in [-0.2, -0.15) is 5.10 Å². The summed E-state index contributed by atoms with van der Waals surface area (Å²) in [6.45, 7) is 4.32. The van der Waals surface area contributed by atoms with Crippen LogP contribution in [0, 0.1) is 0 Å². The summed E-state index contributed by atoms with van der Waals surface area (Å²) in [6.07, 6.45) is 1.79. The smallest absolute Gasteiger partial charge is 0.0699 e. The molecule has 1 heterocycles. The van der Waals surface area contributed by atoms with Crippen LogP contribution in [0.4, 0.5) is 0 Å². The summed E-state index contributed by atoms with van der Waals surface area (Å²) in [5.41, 5.74) is 8.55. The van der Waals surface area contributed by atoms with Gasteiger partial charge in [-0.15, -0.1) is 0 Å². The van der Waals surface area contributed by atoms with Crippen LogP contribution in [0.15, 0.2) is 41.0 Å². The molecule has 0 fully saturated rings. The lowest BCUT2D eigenvalue weighted by molar-refractivity contribution is 0.399. The number of hydrogen-bond acceptors (Lipinski definition) is 2. The zero-order valence-corrected chi connectivity index (χ0v) is 12.5. The zero-order chi connectivity index (χ0) is 13.3. The van der Waals surface area contributed by atoms with Gasteiger partial charge in [0.25, 0.3) is 0 Å². The van der Waals surface area contributed by atoms with E-state index in [2.05, 4.69) is 47.0 Å². The van der Waals surface area contributed by atoms with Gasteiger partial charge < -0.3 is 5.73 Å². The van der Waals surface area contributed by atoms with Crippen LogP contribution in [0.25, 0.3) is 0 Å². The predicted molar refractivity (Wildman–Crippen MR) is 77.3 cm³/mol. The largest absolute Gasteiger partial charge is 0.322 e. The summed E-state index contributed by atoms with van der Waals surface area (Å²) in [6, 6.07) is 10.2. The van der Waals surface area contributed by atoms with E-state index in [0.29, 0.717) is 0 Å². The Hall–Kier alpha value is -1.13. The van der Waals surface area contributed by atoms with Crippen molar-refractivity contribution in [2.45, 2.75) is 25.3 Å². The monoisotopic (exact) mass is 307 g/mol. The van der Waals surface area contributed by atoms with Crippen LogP contribution in [0.3, 0.4) is 0 Å². The number of nitrogens with zero attached hydrogens (tertiary/aromatic N) is 2. The first-order chi connectivity index (χ1) is 8.44. The fourth-order valence-electron chi connectivity index (χ4n) is 2.16. The number of aryl methyl sites for hydroxylation is 1. The van der Waals surface area contributed by atoms with Crippen molar-refractivity contribution in [1.29, 1.82) is 0 Å². The molecule has 0 spiro atoms. The molecule has 3 nitrogen and oxygen atoms in total. The molecule has 2 N–H and O–H groups in total. The first kappa shape index (κ1) is 13.3. The van der Waals surface area contributed by atoms with Crippen LogP contribution in [0.2, 0.25) is 0 Å². The Balaban J connectivity index is 2.42. The van der Waals surface area contributed by atoms with Crippen molar-refractivity contribution in [1.82, 2.24) is 9.78 Å². The van der Waals surface area contributed by atoms with Crippen LogP contribution in [-0.4, -0.2) is 9.78 Å². The molecular weight excluding hydrogens is 290 g/mol. The molecule has 0 saturated carbocycles. The molecule has 0 saturated heterocycles. The van der Waals surface area contributed by atoms with E-state index >= 15 is 0 Å². The summed E-state index contributed by atoms with van der Waals surface area (Å²) in [7, 11) is 1.92. The molecule has 18 heavy (non-hydrogen) atoms. The lowest BCUT2D eigenvalue weighted by Gasteiger charge is -2.32. The van der Waals surface area contributed by atoms with E-state index in [1.165, 1.54) is 5.56 Å². The number of rotatable bonds is 3. The van der Waals surface area contributed by atoms with Gasteiger partial charge in [-0.05, 0) is 21.5 Å². The van der Waals surface area contributed by atoms with Crippen molar-refractivity contribution >= 4 is 15.9 Å². The van der Waals surface area contributed by atoms with Crippen LogP contribution >= 0.6 is 15.9 Å². The van der Waals surface area contributed by atoms with Gasteiger partial charge in [-0.1, -0.05) is 44.2 Å². The Morgan fingerprint density at radius 2 is 1.89 bits per heavy atom. The zero-order valence-electron chi connectivity index (χ0n) is 10.9. The lowest BCUT2D eigenvalue weighted by Crippen LogP contribution is -2.34. The molecule has 1 aromatic carbocycles. The van der Waals surface area contributed by atoms with Gasteiger partial charge in [-0.25, -0.2) is 0 Å². The highest BCUT2D eigenvalue weighted by Crippen LogP contribution is 2.37. The highest BCUT2D eigenvalue weighted by atomic mass is 79.9. The highest BCUT2D eigenvalue weighted by Gasteiger charge is 2.32. The summed E-state index contributed by atoms with van der Waals surface area (Å²) in [5, 5.41) is 4.23. The maximum absolute atomic E-state index is 6.46. The molecule has 1 unspecified atom stereocenters. The lowest BCUT2D eigenvalue weighted by atomic mass is 9.77. The maximum atomic E-state index is 6.46. The van der Waals surface area contributed by atoms with Gasteiger partial charge in [-0.3, -0.25) is 4.68 Å². The molecular formula is C14H18BrN3. The average molecular weight is 308 g/mol. The molecule has 2 aromatic rings. The Labute approximate surface area is 116 Å². The molecule has 0 aliphatic carbocycles. The van der Waals surface area contributed by atoms with E-state index < -0.39 is 0 Å². The van der Waals surface area contributed by atoms with Crippen molar-refractivity contribution in [3.63, 3.8) is 0 Å². The summed E-state index contributed by atoms with van der Waals surface area (Å²) >= 11 is 3.52. The minimum atomic E-state index is -0.155. The molecule has 0 bridgehead atoms. The fourth-order valence-corrected chi connectivity index (χ4v) is 2.75. The van der Waals surface area contributed by atoms with E-state index in [4.69, 9.17) is 5.73 Å². The van der Waals surface area contributed by atoms with E-state index in [1.807, 2.05) is 29.9 Å². The number of benzene rings is 1. The van der Waals surface area contributed by atoms with Crippen molar-refractivity contribution in [2.75, 3.05) is 0 Å². The van der Waals surface area contributed by atoms with Crippen LogP contribution in [-0.2, 0) is 12.5 Å². The third kappa shape index (κ3) is 2.22. The van der Waals surface area contributed by atoms with Crippen molar-refractivity contribution < 1.29 is 0 Å². The van der Waals surface area contributed by atoms with Crippen molar-refractivity contribution in [3.05, 3.63) is 52.3 Å². The minimum Gasteiger partial charge on any atom is -0.322 e. The third-order valence-electron chi connectivity index (χ3n) is 3.53. The highest BCUT2D eigenvalue weighted by molar-refractivity contribution is 9.10. The van der Waals surface area contributed by atoms with Crippen molar-refractivity contribution in [3.8, 4) is 0 Å². The van der Waals surface area contributed by atoms with Gasteiger partial charge in [0.1, 0.15) is 0 Å². The van der Waals surface area contributed by atoms with Gasteiger partial charge in [0.2, 0.25) is 0 Å². The molecule has 1 aromatic heterocycles.